The molecule has 4 aromatic rings. The van der Waals surface area contributed by atoms with Crippen LogP contribution in [0.5, 0.6) is 0 Å². The van der Waals surface area contributed by atoms with Gasteiger partial charge in [-0.2, -0.15) is 18.2 Å². The van der Waals surface area contributed by atoms with Crippen LogP contribution in [0.1, 0.15) is 16.2 Å². The Morgan fingerprint density at radius 1 is 1.00 bits per heavy atom. The van der Waals surface area contributed by atoms with Crippen molar-refractivity contribution >= 4 is 39.9 Å². The third-order valence-electron chi connectivity index (χ3n) is 4.43. The molecule has 0 saturated carbocycles. The van der Waals surface area contributed by atoms with E-state index < -0.39 is 18.0 Å². The van der Waals surface area contributed by atoms with Crippen molar-refractivity contribution in [2.75, 3.05) is 0 Å². The number of fused-ring (bicyclic) bond motifs is 1. The Kier molecular flexibility index (Phi) is 4.91. The average Bonchev–Trinajstić information content (AvgIpc) is 3.18. The molecule has 0 radical (unpaired) electrons. The molecular formula is C20H10Cl2F3N3O2. The van der Waals surface area contributed by atoms with Crippen LogP contribution in [0.2, 0.25) is 10.0 Å². The van der Waals surface area contributed by atoms with E-state index in [-0.39, 0.29) is 22.0 Å². The zero-order chi connectivity index (χ0) is 21.6. The van der Waals surface area contributed by atoms with Crippen molar-refractivity contribution < 1.29 is 22.5 Å². The van der Waals surface area contributed by atoms with E-state index in [0.29, 0.717) is 26.9 Å². The summed E-state index contributed by atoms with van der Waals surface area (Å²) in [6.07, 6.45) is -4.78. The second-order valence-corrected chi connectivity index (χ2v) is 7.12. The van der Waals surface area contributed by atoms with Crippen LogP contribution in [-0.2, 0) is 6.18 Å². The summed E-state index contributed by atoms with van der Waals surface area (Å²) in [5.74, 6) is -2.52. The molecule has 0 spiro atoms. The number of benzene rings is 3. The molecule has 30 heavy (non-hydrogen) atoms. The smallest absolute Gasteiger partial charge is 0.366 e. The number of hydrogen-bond donors (Lipinski definition) is 1. The maximum absolute atomic E-state index is 12.8. The van der Waals surface area contributed by atoms with E-state index in [1.54, 1.807) is 24.3 Å². The first-order valence-corrected chi connectivity index (χ1v) is 9.14. The fraction of sp³-hybridized carbons (Fsp3) is 0.0500. The first kappa shape index (κ1) is 20.2. The van der Waals surface area contributed by atoms with Crippen LogP contribution in [-0.4, -0.2) is 16.0 Å². The van der Waals surface area contributed by atoms with Gasteiger partial charge in [0.25, 0.3) is 0 Å². The van der Waals surface area contributed by atoms with E-state index in [9.17, 15) is 18.0 Å². The number of aromatic nitrogens is 2. The Hall–Kier alpha value is -3.10. The summed E-state index contributed by atoms with van der Waals surface area (Å²) >= 11 is 12.7. The zero-order valence-corrected chi connectivity index (χ0v) is 16.3. The highest BCUT2D eigenvalue weighted by Crippen LogP contribution is 2.41. The monoisotopic (exact) mass is 451 g/mol. The number of rotatable bonds is 3. The van der Waals surface area contributed by atoms with Gasteiger partial charge in [-0.25, -0.2) is 0 Å². The topological polar surface area (TPSA) is 82.0 Å². The minimum Gasteiger partial charge on any atom is -0.366 e. The molecule has 10 heteroatoms. The lowest BCUT2D eigenvalue weighted by molar-refractivity contribution is -0.159. The highest BCUT2D eigenvalue weighted by Gasteiger charge is 2.38. The lowest BCUT2D eigenvalue weighted by Gasteiger charge is -2.14. The van der Waals surface area contributed by atoms with Gasteiger partial charge in [0.15, 0.2) is 0 Å². The number of hydrogen-bond acceptors (Lipinski definition) is 4. The predicted octanol–water partition coefficient (Wildman–Crippen LogP) is 5.98. The van der Waals surface area contributed by atoms with Crippen molar-refractivity contribution in [2.24, 2.45) is 5.73 Å². The second kappa shape index (κ2) is 7.30. The third-order valence-corrected chi connectivity index (χ3v) is 5.04. The SMILES string of the molecule is NC(=O)c1ccc(-c2noc(C(F)(F)F)n2)cc1-c1c(Cl)cc(Cl)c2ccccc12. The Labute approximate surface area is 177 Å². The van der Waals surface area contributed by atoms with Crippen LogP contribution >= 0.6 is 23.2 Å². The molecule has 0 aliphatic heterocycles. The van der Waals surface area contributed by atoms with Gasteiger partial charge in [0.05, 0.1) is 5.02 Å². The maximum atomic E-state index is 12.8. The Morgan fingerprint density at radius 3 is 2.33 bits per heavy atom. The molecule has 1 amide bonds. The molecule has 0 aliphatic rings. The molecule has 0 fully saturated rings. The summed E-state index contributed by atoms with van der Waals surface area (Å²) < 4.78 is 42.7. The standard InChI is InChI=1S/C20H10Cl2F3N3O2/c21-14-8-15(22)16(11-4-2-1-3-10(11)14)13-7-9(5-6-12(13)17(26)29)18-27-19(30-28-18)20(23,24)25/h1-8H,(H2,26,29). The molecule has 0 bridgehead atoms. The van der Waals surface area contributed by atoms with Gasteiger partial charge < -0.3 is 10.3 Å². The molecule has 3 aromatic carbocycles. The summed E-state index contributed by atoms with van der Waals surface area (Å²) in [5.41, 5.74) is 6.57. The molecular weight excluding hydrogens is 442 g/mol. The van der Waals surface area contributed by atoms with Crippen LogP contribution in [0.3, 0.4) is 0 Å². The van der Waals surface area contributed by atoms with E-state index in [4.69, 9.17) is 28.9 Å². The fourth-order valence-electron chi connectivity index (χ4n) is 3.13. The summed E-state index contributed by atoms with van der Waals surface area (Å²) in [4.78, 5) is 15.4. The number of nitrogens with two attached hydrogens (primary N) is 1. The van der Waals surface area contributed by atoms with Gasteiger partial charge in [-0.1, -0.05) is 58.7 Å². The molecule has 5 nitrogen and oxygen atoms in total. The largest absolute Gasteiger partial charge is 0.471 e. The Morgan fingerprint density at radius 2 is 1.70 bits per heavy atom. The quantitative estimate of drug-likeness (QED) is 0.415. The normalized spacial score (nSPS) is 11.8. The van der Waals surface area contributed by atoms with E-state index in [1.165, 1.54) is 24.3 Å². The van der Waals surface area contributed by atoms with E-state index >= 15 is 0 Å². The van der Waals surface area contributed by atoms with Crippen molar-refractivity contribution in [1.29, 1.82) is 0 Å². The van der Waals surface area contributed by atoms with Crippen LogP contribution in [0, 0.1) is 0 Å². The number of alkyl halides is 3. The zero-order valence-electron chi connectivity index (χ0n) is 14.8. The molecule has 0 saturated heterocycles. The number of carbonyl (C=O) groups excluding carboxylic acids is 1. The molecule has 4 rings (SSSR count). The molecule has 0 atom stereocenters. The maximum Gasteiger partial charge on any atom is 0.471 e. The highest BCUT2D eigenvalue weighted by atomic mass is 35.5. The number of primary amides is 1. The lowest BCUT2D eigenvalue weighted by Crippen LogP contribution is -2.12. The van der Waals surface area contributed by atoms with Crippen LogP contribution in [0.25, 0.3) is 33.3 Å². The third kappa shape index (κ3) is 3.48. The van der Waals surface area contributed by atoms with Crippen LogP contribution in [0.15, 0.2) is 53.1 Å². The second-order valence-electron chi connectivity index (χ2n) is 6.31. The first-order chi connectivity index (χ1) is 14.2. The van der Waals surface area contributed by atoms with Gasteiger partial charge in [0.1, 0.15) is 0 Å². The van der Waals surface area contributed by atoms with Crippen molar-refractivity contribution in [1.82, 2.24) is 10.1 Å². The minimum atomic E-state index is -4.78. The summed E-state index contributed by atoms with van der Waals surface area (Å²) in [6.45, 7) is 0. The molecule has 152 valence electrons. The van der Waals surface area contributed by atoms with Gasteiger partial charge in [0, 0.05) is 27.1 Å². The molecule has 0 unspecified atom stereocenters. The van der Waals surface area contributed by atoms with Crippen LogP contribution in [0.4, 0.5) is 13.2 Å². The van der Waals surface area contributed by atoms with E-state index in [1.807, 2.05) is 0 Å². The molecule has 1 aromatic heterocycles. The Bertz CT molecular complexity index is 1300. The first-order valence-electron chi connectivity index (χ1n) is 8.39. The molecule has 2 N–H and O–H groups in total. The molecule has 1 heterocycles. The van der Waals surface area contributed by atoms with Crippen molar-refractivity contribution in [2.45, 2.75) is 6.18 Å². The number of halogens is 5. The highest BCUT2D eigenvalue weighted by molar-refractivity contribution is 6.41. The van der Waals surface area contributed by atoms with Crippen molar-refractivity contribution in [3.05, 3.63) is 70.0 Å². The van der Waals surface area contributed by atoms with Crippen molar-refractivity contribution in [3.8, 4) is 22.5 Å². The summed E-state index contributed by atoms with van der Waals surface area (Å²) in [6, 6.07) is 12.8. The summed E-state index contributed by atoms with van der Waals surface area (Å²) in [7, 11) is 0. The number of carbonyl (C=O) groups is 1. The molecule has 0 aliphatic carbocycles. The van der Waals surface area contributed by atoms with E-state index in [2.05, 4.69) is 14.7 Å². The van der Waals surface area contributed by atoms with Gasteiger partial charge in [0.2, 0.25) is 11.7 Å². The van der Waals surface area contributed by atoms with Gasteiger partial charge in [-0.15, -0.1) is 0 Å². The number of amides is 1. The fourth-order valence-corrected chi connectivity index (χ4v) is 3.78. The van der Waals surface area contributed by atoms with Crippen LogP contribution < -0.4 is 5.73 Å². The van der Waals surface area contributed by atoms with Gasteiger partial charge >= 0.3 is 12.1 Å². The minimum absolute atomic E-state index is 0.118. The average molecular weight is 452 g/mol. The Balaban J connectivity index is 1.99. The predicted molar refractivity (Wildman–Crippen MR) is 106 cm³/mol. The van der Waals surface area contributed by atoms with Gasteiger partial charge in [-0.05, 0) is 29.1 Å². The van der Waals surface area contributed by atoms with E-state index in [0.717, 1.165) is 0 Å². The number of nitrogens with zero attached hydrogens (tertiary/aromatic N) is 2. The van der Waals surface area contributed by atoms with Crippen molar-refractivity contribution in [3.63, 3.8) is 0 Å². The van der Waals surface area contributed by atoms with Gasteiger partial charge in [-0.3, -0.25) is 4.79 Å². The lowest BCUT2D eigenvalue weighted by atomic mass is 9.92. The summed E-state index contributed by atoms with van der Waals surface area (Å²) in [5, 5.41) is 5.35.